The number of likely N-dealkylation sites (tertiary alicyclic amines) is 1. The first kappa shape index (κ1) is 13.9. The molecule has 1 heterocycles. The van der Waals surface area contributed by atoms with Gasteiger partial charge in [-0.1, -0.05) is 0 Å². The van der Waals surface area contributed by atoms with Crippen molar-refractivity contribution in [3.8, 4) is 0 Å². The van der Waals surface area contributed by atoms with Crippen molar-refractivity contribution in [1.29, 1.82) is 0 Å². The van der Waals surface area contributed by atoms with Gasteiger partial charge in [-0.25, -0.2) is 9.69 Å². The topological polar surface area (TPSA) is 80.8 Å². The van der Waals surface area contributed by atoms with E-state index in [1.807, 2.05) is 0 Å². The summed E-state index contributed by atoms with van der Waals surface area (Å²) in [4.78, 5) is 47.4. The van der Waals surface area contributed by atoms with Crippen molar-refractivity contribution < 1.29 is 23.9 Å². The number of benzene rings is 1. The minimum Gasteiger partial charge on any atom is -0.465 e. The van der Waals surface area contributed by atoms with Crippen LogP contribution < -0.4 is 0 Å². The quantitative estimate of drug-likeness (QED) is 0.597. The second-order valence-corrected chi connectivity index (χ2v) is 4.35. The van der Waals surface area contributed by atoms with E-state index >= 15 is 0 Å². The van der Waals surface area contributed by atoms with E-state index in [-0.39, 0.29) is 18.4 Å². The fourth-order valence-corrected chi connectivity index (χ4v) is 1.98. The number of hydrogen-bond acceptors (Lipinski definition) is 5. The number of carbonyl (C=O) groups is 4. The van der Waals surface area contributed by atoms with Gasteiger partial charge in [-0.3, -0.25) is 14.4 Å². The average molecular weight is 275 g/mol. The molecule has 0 bridgehead atoms. The first-order valence-corrected chi connectivity index (χ1v) is 6.13. The average Bonchev–Trinajstić information content (AvgIpc) is 2.46. The number of carbonyl (C=O) groups excluding carboxylic acids is 4. The number of esters is 1. The summed E-state index contributed by atoms with van der Waals surface area (Å²) < 4.78 is 4.54. The predicted octanol–water partition coefficient (Wildman–Crippen LogP) is 1.15. The summed E-state index contributed by atoms with van der Waals surface area (Å²) in [7, 11) is 1.26. The highest BCUT2D eigenvalue weighted by molar-refractivity contribution is 6.17. The molecule has 6 nitrogen and oxygen atoms in total. The Hall–Kier alpha value is -2.50. The molecule has 1 fully saturated rings. The second-order valence-electron chi connectivity index (χ2n) is 4.35. The molecule has 0 atom stereocenters. The van der Waals surface area contributed by atoms with E-state index in [1.165, 1.54) is 31.4 Å². The Kier molecular flexibility index (Phi) is 3.93. The van der Waals surface area contributed by atoms with Gasteiger partial charge in [0.25, 0.3) is 5.91 Å². The molecule has 20 heavy (non-hydrogen) atoms. The van der Waals surface area contributed by atoms with Gasteiger partial charge >= 0.3 is 5.97 Å². The SMILES string of the molecule is COC(=O)c1ccc(C(=O)N2C(=O)CCCC2=O)cc1. The standard InChI is InChI=1S/C14H13NO5/c1-20-14(19)10-7-5-9(6-8-10)13(18)15-11(16)3-2-4-12(15)17/h5-8H,2-4H2,1H3. The Morgan fingerprint density at radius 2 is 1.50 bits per heavy atom. The van der Waals surface area contributed by atoms with Crippen LogP contribution in [0.25, 0.3) is 0 Å². The molecule has 2 rings (SSSR count). The van der Waals surface area contributed by atoms with Crippen molar-refractivity contribution >= 4 is 23.7 Å². The van der Waals surface area contributed by atoms with Crippen LogP contribution in [0.2, 0.25) is 0 Å². The first-order valence-electron chi connectivity index (χ1n) is 6.13. The van der Waals surface area contributed by atoms with Gasteiger partial charge in [0.15, 0.2) is 0 Å². The summed E-state index contributed by atoms with van der Waals surface area (Å²) in [6.07, 6.45) is 0.859. The Bertz CT molecular complexity index is 560. The van der Waals surface area contributed by atoms with Crippen molar-refractivity contribution in [3.05, 3.63) is 35.4 Å². The first-order chi connectivity index (χ1) is 9.54. The highest BCUT2D eigenvalue weighted by Gasteiger charge is 2.32. The molecule has 0 N–H and O–H groups in total. The van der Waals surface area contributed by atoms with Gasteiger partial charge in [0.05, 0.1) is 12.7 Å². The lowest BCUT2D eigenvalue weighted by atomic mass is 10.1. The molecule has 0 spiro atoms. The number of piperidine rings is 1. The molecule has 0 radical (unpaired) electrons. The van der Waals surface area contributed by atoms with Crippen molar-refractivity contribution in [2.24, 2.45) is 0 Å². The Labute approximate surface area is 115 Å². The number of imide groups is 3. The minimum absolute atomic E-state index is 0.182. The van der Waals surface area contributed by atoms with Gasteiger partial charge < -0.3 is 4.74 Å². The van der Waals surface area contributed by atoms with E-state index in [0.29, 0.717) is 16.9 Å². The maximum absolute atomic E-state index is 12.1. The van der Waals surface area contributed by atoms with E-state index in [9.17, 15) is 19.2 Å². The van der Waals surface area contributed by atoms with Gasteiger partial charge in [-0.05, 0) is 30.7 Å². The molecule has 1 aliphatic heterocycles. The molecular weight excluding hydrogens is 262 g/mol. The summed E-state index contributed by atoms with van der Waals surface area (Å²) in [6.45, 7) is 0. The molecule has 104 valence electrons. The Morgan fingerprint density at radius 3 is 2.00 bits per heavy atom. The summed E-state index contributed by atoms with van der Waals surface area (Å²) in [5.74, 6) is -2.14. The van der Waals surface area contributed by atoms with Crippen LogP contribution in [0.5, 0.6) is 0 Å². The normalized spacial score (nSPS) is 15.2. The number of nitrogens with zero attached hydrogens (tertiary/aromatic N) is 1. The van der Waals surface area contributed by atoms with Crippen molar-refractivity contribution in [2.75, 3.05) is 7.11 Å². The Balaban J connectivity index is 2.22. The molecule has 0 aliphatic carbocycles. The second kappa shape index (κ2) is 5.64. The van der Waals surface area contributed by atoms with E-state index in [2.05, 4.69) is 4.74 Å². The van der Waals surface area contributed by atoms with Crippen molar-refractivity contribution in [2.45, 2.75) is 19.3 Å². The molecule has 3 amide bonds. The van der Waals surface area contributed by atoms with Crippen LogP contribution in [0.15, 0.2) is 24.3 Å². The number of hydrogen-bond donors (Lipinski definition) is 0. The van der Waals surface area contributed by atoms with Gasteiger partial charge in [0.1, 0.15) is 0 Å². The molecule has 0 saturated carbocycles. The van der Waals surface area contributed by atoms with E-state index in [4.69, 9.17) is 0 Å². The molecular formula is C14H13NO5. The summed E-state index contributed by atoms with van der Waals surface area (Å²) >= 11 is 0. The lowest BCUT2D eigenvalue weighted by Gasteiger charge is -2.22. The van der Waals surface area contributed by atoms with Crippen LogP contribution >= 0.6 is 0 Å². The van der Waals surface area contributed by atoms with E-state index in [0.717, 1.165) is 0 Å². The molecule has 1 aromatic carbocycles. The fraction of sp³-hybridized carbons (Fsp3) is 0.286. The highest BCUT2D eigenvalue weighted by Crippen LogP contribution is 2.16. The molecule has 1 aromatic rings. The highest BCUT2D eigenvalue weighted by atomic mass is 16.5. The number of methoxy groups -OCH3 is 1. The largest absolute Gasteiger partial charge is 0.465 e. The third-order valence-electron chi connectivity index (χ3n) is 3.04. The maximum atomic E-state index is 12.1. The zero-order valence-electron chi connectivity index (χ0n) is 10.9. The summed E-state index contributed by atoms with van der Waals surface area (Å²) in [5, 5.41) is 0. The van der Waals surface area contributed by atoms with Crippen molar-refractivity contribution in [3.63, 3.8) is 0 Å². The maximum Gasteiger partial charge on any atom is 0.337 e. The minimum atomic E-state index is -0.656. The van der Waals surface area contributed by atoms with E-state index < -0.39 is 23.7 Å². The number of amides is 3. The third kappa shape index (κ3) is 2.59. The Morgan fingerprint density at radius 1 is 1.00 bits per heavy atom. The van der Waals surface area contributed by atoms with Crippen LogP contribution in [0.1, 0.15) is 40.0 Å². The van der Waals surface area contributed by atoms with Crippen LogP contribution in [0.4, 0.5) is 0 Å². The number of ether oxygens (including phenoxy) is 1. The van der Waals surface area contributed by atoms with Gasteiger partial charge in [-0.2, -0.15) is 0 Å². The van der Waals surface area contributed by atoms with Crippen LogP contribution in [0, 0.1) is 0 Å². The van der Waals surface area contributed by atoms with Gasteiger partial charge in [0, 0.05) is 18.4 Å². The zero-order valence-corrected chi connectivity index (χ0v) is 10.9. The van der Waals surface area contributed by atoms with Crippen LogP contribution in [-0.2, 0) is 14.3 Å². The summed E-state index contributed by atoms with van der Waals surface area (Å²) in [6, 6.07) is 5.61. The molecule has 0 aromatic heterocycles. The lowest BCUT2D eigenvalue weighted by Crippen LogP contribution is -2.44. The van der Waals surface area contributed by atoms with Gasteiger partial charge in [-0.15, -0.1) is 0 Å². The lowest BCUT2D eigenvalue weighted by molar-refractivity contribution is -0.144. The number of rotatable bonds is 2. The van der Waals surface area contributed by atoms with E-state index in [1.54, 1.807) is 0 Å². The third-order valence-corrected chi connectivity index (χ3v) is 3.04. The van der Waals surface area contributed by atoms with Crippen LogP contribution in [0.3, 0.4) is 0 Å². The zero-order chi connectivity index (χ0) is 14.7. The molecule has 6 heteroatoms. The smallest absolute Gasteiger partial charge is 0.337 e. The monoisotopic (exact) mass is 275 g/mol. The summed E-state index contributed by atoms with van der Waals surface area (Å²) in [5.41, 5.74) is 0.474. The van der Waals surface area contributed by atoms with Gasteiger partial charge in [0.2, 0.25) is 11.8 Å². The fourth-order valence-electron chi connectivity index (χ4n) is 1.98. The molecule has 1 aliphatic rings. The molecule has 1 saturated heterocycles. The van der Waals surface area contributed by atoms with Crippen molar-refractivity contribution in [1.82, 2.24) is 4.90 Å². The predicted molar refractivity (Wildman–Crippen MR) is 67.8 cm³/mol. The van der Waals surface area contributed by atoms with Crippen LogP contribution in [-0.4, -0.2) is 35.7 Å². The molecule has 0 unspecified atom stereocenters.